The van der Waals surface area contributed by atoms with Crippen molar-refractivity contribution < 1.29 is 18.3 Å². The number of aliphatic hydroxyl groups is 1. The Labute approximate surface area is 108 Å². The van der Waals surface area contributed by atoms with Crippen LogP contribution in [-0.4, -0.2) is 16.9 Å². The normalized spacial score (nSPS) is 30.2. The second kappa shape index (κ2) is 6.78. The molecule has 0 aromatic heterocycles. The molecule has 1 aliphatic carbocycles. The third-order valence-electron chi connectivity index (χ3n) is 4.07. The summed E-state index contributed by atoms with van der Waals surface area (Å²) in [6, 6.07) is 0. The van der Waals surface area contributed by atoms with Crippen molar-refractivity contribution in [1.82, 2.24) is 0 Å². The first-order valence-corrected chi connectivity index (χ1v) is 7.14. The summed E-state index contributed by atoms with van der Waals surface area (Å²) in [4.78, 5) is 0. The van der Waals surface area contributed by atoms with Crippen molar-refractivity contribution >= 4 is 0 Å². The van der Waals surface area contributed by atoms with Crippen LogP contribution >= 0.6 is 0 Å². The van der Waals surface area contributed by atoms with Gasteiger partial charge >= 0.3 is 6.18 Å². The largest absolute Gasteiger partial charge is 0.390 e. The van der Waals surface area contributed by atoms with Crippen LogP contribution in [-0.2, 0) is 0 Å². The third kappa shape index (κ3) is 6.07. The van der Waals surface area contributed by atoms with E-state index < -0.39 is 18.2 Å². The van der Waals surface area contributed by atoms with Gasteiger partial charge in [0.05, 0.1) is 5.60 Å². The molecule has 0 aromatic carbocycles. The lowest BCUT2D eigenvalue weighted by Gasteiger charge is -2.27. The van der Waals surface area contributed by atoms with Gasteiger partial charge in [0.25, 0.3) is 0 Å². The van der Waals surface area contributed by atoms with Gasteiger partial charge in [-0.15, -0.1) is 0 Å². The zero-order chi connectivity index (χ0) is 13.6. The second-order valence-electron chi connectivity index (χ2n) is 5.78. The highest BCUT2D eigenvalue weighted by atomic mass is 19.4. The molecular weight excluding hydrogens is 241 g/mol. The number of rotatable bonds is 5. The van der Waals surface area contributed by atoms with Crippen LogP contribution in [0.4, 0.5) is 13.2 Å². The van der Waals surface area contributed by atoms with Gasteiger partial charge in [-0.25, -0.2) is 0 Å². The lowest BCUT2D eigenvalue weighted by molar-refractivity contribution is -0.138. The second-order valence-corrected chi connectivity index (χ2v) is 5.78. The molecule has 1 saturated carbocycles. The SMILES string of the molecule is CCCC1CCCC(O)(CCCC(F)(F)F)CC1. The van der Waals surface area contributed by atoms with Crippen LogP contribution in [0.25, 0.3) is 0 Å². The predicted octanol–water partition coefficient (Wildman–Crippen LogP) is 4.83. The maximum Gasteiger partial charge on any atom is 0.389 e. The van der Waals surface area contributed by atoms with Crippen LogP contribution in [0.5, 0.6) is 0 Å². The monoisotopic (exact) mass is 266 g/mol. The maximum absolute atomic E-state index is 12.1. The molecule has 0 radical (unpaired) electrons. The molecule has 0 heterocycles. The van der Waals surface area contributed by atoms with Crippen molar-refractivity contribution in [2.24, 2.45) is 5.92 Å². The number of hydrogen-bond donors (Lipinski definition) is 1. The van der Waals surface area contributed by atoms with Crippen LogP contribution in [0.2, 0.25) is 0 Å². The lowest BCUT2D eigenvalue weighted by Crippen LogP contribution is -2.28. The van der Waals surface area contributed by atoms with Gasteiger partial charge in [-0.1, -0.05) is 32.6 Å². The van der Waals surface area contributed by atoms with Crippen molar-refractivity contribution in [2.45, 2.75) is 82.9 Å². The van der Waals surface area contributed by atoms with Gasteiger partial charge in [-0.3, -0.25) is 0 Å². The summed E-state index contributed by atoms with van der Waals surface area (Å²) in [5, 5.41) is 10.4. The van der Waals surface area contributed by atoms with E-state index in [2.05, 4.69) is 6.92 Å². The maximum atomic E-state index is 12.1. The first-order chi connectivity index (χ1) is 8.35. The summed E-state index contributed by atoms with van der Waals surface area (Å²) in [5.74, 6) is 0.659. The molecule has 1 fully saturated rings. The molecular formula is C14H25F3O. The summed E-state index contributed by atoms with van der Waals surface area (Å²) >= 11 is 0. The van der Waals surface area contributed by atoms with E-state index in [0.717, 1.165) is 25.7 Å². The summed E-state index contributed by atoms with van der Waals surface area (Å²) in [6.45, 7) is 2.15. The summed E-state index contributed by atoms with van der Waals surface area (Å²) in [7, 11) is 0. The van der Waals surface area contributed by atoms with Crippen LogP contribution in [0, 0.1) is 5.92 Å². The smallest absolute Gasteiger partial charge is 0.389 e. The van der Waals surface area contributed by atoms with Gasteiger partial charge in [0.2, 0.25) is 0 Å². The Balaban J connectivity index is 2.34. The molecule has 1 nitrogen and oxygen atoms in total. The molecule has 18 heavy (non-hydrogen) atoms. The third-order valence-corrected chi connectivity index (χ3v) is 4.07. The zero-order valence-electron chi connectivity index (χ0n) is 11.2. The first-order valence-electron chi connectivity index (χ1n) is 7.14. The molecule has 0 bridgehead atoms. The van der Waals surface area contributed by atoms with Crippen molar-refractivity contribution in [3.63, 3.8) is 0 Å². The quantitative estimate of drug-likeness (QED) is 0.707. The van der Waals surface area contributed by atoms with Gasteiger partial charge in [-0.2, -0.15) is 13.2 Å². The Morgan fingerprint density at radius 2 is 1.94 bits per heavy atom. The summed E-state index contributed by atoms with van der Waals surface area (Å²) < 4.78 is 36.3. The molecule has 0 amide bonds. The zero-order valence-corrected chi connectivity index (χ0v) is 11.2. The molecule has 0 spiro atoms. The molecule has 0 saturated heterocycles. The van der Waals surface area contributed by atoms with Gasteiger partial charge in [0.15, 0.2) is 0 Å². The highest BCUT2D eigenvalue weighted by Crippen LogP contribution is 2.36. The highest BCUT2D eigenvalue weighted by molar-refractivity contribution is 4.83. The van der Waals surface area contributed by atoms with Gasteiger partial charge in [0, 0.05) is 6.42 Å². The van der Waals surface area contributed by atoms with E-state index in [9.17, 15) is 18.3 Å². The molecule has 2 unspecified atom stereocenters. The average Bonchev–Trinajstić information content (AvgIpc) is 2.40. The number of halogens is 3. The Morgan fingerprint density at radius 1 is 1.22 bits per heavy atom. The van der Waals surface area contributed by atoms with Crippen LogP contribution in [0.3, 0.4) is 0 Å². The van der Waals surface area contributed by atoms with Crippen molar-refractivity contribution in [3.8, 4) is 0 Å². The topological polar surface area (TPSA) is 20.2 Å². The van der Waals surface area contributed by atoms with Crippen LogP contribution < -0.4 is 0 Å². The predicted molar refractivity (Wildman–Crippen MR) is 66.3 cm³/mol. The Hall–Kier alpha value is -0.250. The fourth-order valence-corrected chi connectivity index (χ4v) is 3.03. The molecule has 0 aliphatic heterocycles. The average molecular weight is 266 g/mol. The van der Waals surface area contributed by atoms with E-state index in [0.29, 0.717) is 25.2 Å². The number of hydrogen-bond acceptors (Lipinski definition) is 1. The van der Waals surface area contributed by atoms with E-state index >= 15 is 0 Å². The van der Waals surface area contributed by atoms with Crippen molar-refractivity contribution in [1.29, 1.82) is 0 Å². The molecule has 0 aromatic rings. The van der Waals surface area contributed by atoms with Crippen molar-refractivity contribution in [2.75, 3.05) is 0 Å². The number of alkyl halides is 3. The van der Waals surface area contributed by atoms with E-state index in [1.54, 1.807) is 0 Å². The lowest BCUT2D eigenvalue weighted by atomic mass is 9.88. The molecule has 2 atom stereocenters. The van der Waals surface area contributed by atoms with E-state index in [4.69, 9.17) is 0 Å². The fourth-order valence-electron chi connectivity index (χ4n) is 3.03. The summed E-state index contributed by atoms with van der Waals surface area (Å²) in [5.41, 5.74) is -0.840. The Kier molecular flexibility index (Phi) is 5.96. The Bertz CT molecular complexity index is 240. The van der Waals surface area contributed by atoms with Crippen molar-refractivity contribution in [3.05, 3.63) is 0 Å². The Morgan fingerprint density at radius 3 is 2.56 bits per heavy atom. The molecule has 1 N–H and O–H groups in total. The molecule has 4 heteroatoms. The van der Waals surface area contributed by atoms with Gasteiger partial charge in [-0.05, 0) is 38.0 Å². The van der Waals surface area contributed by atoms with Gasteiger partial charge < -0.3 is 5.11 Å². The van der Waals surface area contributed by atoms with E-state index in [1.807, 2.05) is 0 Å². The molecule has 108 valence electrons. The van der Waals surface area contributed by atoms with Crippen LogP contribution in [0.15, 0.2) is 0 Å². The standard InChI is InChI=1S/C14H25F3O/c1-2-5-12-6-3-8-13(18,11-7-12)9-4-10-14(15,16)17/h12,18H,2-11H2,1H3. The highest BCUT2D eigenvalue weighted by Gasteiger charge is 2.33. The fraction of sp³-hybridized carbons (Fsp3) is 1.00. The minimum atomic E-state index is -4.09. The van der Waals surface area contributed by atoms with Gasteiger partial charge in [0.1, 0.15) is 0 Å². The van der Waals surface area contributed by atoms with E-state index in [1.165, 1.54) is 6.42 Å². The van der Waals surface area contributed by atoms with E-state index in [-0.39, 0.29) is 6.42 Å². The first kappa shape index (κ1) is 15.8. The molecule has 1 rings (SSSR count). The van der Waals surface area contributed by atoms with Crippen LogP contribution in [0.1, 0.15) is 71.1 Å². The minimum Gasteiger partial charge on any atom is -0.390 e. The summed E-state index contributed by atoms with van der Waals surface area (Å²) in [6.07, 6.45) is 2.21. The minimum absolute atomic E-state index is 0.0540. The molecule has 1 aliphatic rings.